The number of hydrogen-bond acceptors (Lipinski definition) is 2. The Bertz CT molecular complexity index is 435. The van der Waals surface area contributed by atoms with Gasteiger partial charge in [-0.05, 0) is 30.0 Å². The maximum Gasteiger partial charge on any atom is 0.220 e. The molecule has 3 nitrogen and oxygen atoms in total. The van der Waals surface area contributed by atoms with Crippen molar-refractivity contribution in [2.45, 2.75) is 32.7 Å². The van der Waals surface area contributed by atoms with Gasteiger partial charge in [0.15, 0.2) is 11.6 Å². The van der Waals surface area contributed by atoms with Gasteiger partial charge in [0.2, 0.25) is 5.91 Å². The third kappa shape index (κ3) is 4.95. The molecule has 1 amide bonds. The average molecular weight is 271 g/mol. The quantitative estimate of drug-likeness (QED) is 0.831. The van der Waals surface area contributed by atoms with Gasteiger partial charge < -0.3 is 10.4 Å². The number of rotatable bonds is 6. The van der Waals surface area contributed by atoms with Crippen LogP contribution < -0.4 is 5.32 Å². The summed E-state index contributed by atoms with van der Waals surface area (Å²) in [5.74, 6) is -1.88. The molecule has 0 saturated heterocycles. The smallest absolute Gasteiger partial charge is 0.220 e. The van der Waals surface area contributed by atoms with Crippen molar-refractivity contribution in [2.24, 2.45) is 5.92 Å². The molecule has 0 radical (unpaired) electrons. The van der Waals surface area contributed by atoms with Crippen LogP contribution in [-0.2, 0) is 11.2 Å². The van der Waals surface area contributed by atoms with E-state index in [0.717, 1.165) is 12.1 Å². The lowest BCUT2D eigenvalue weighted by Gasteiger charge is -2.19. The van der Waals surface area contributed by atoms with Gasteiger partial charge >= 0.3 is 0 Å². The van der Waals surface area contributed by atoms with E-state index in [-0.39, 0.29) is 30.9 Å². The van der Waals surface area contributed by atoms with Gasteiger partial charge in [-0.15, -0.1) is 0 Å². The van der Waals surface area contributed by atoms with Gasteiger partial charge in [-0.1, -0.05) is 19.9 Å². The lowest BCUT2D eigenvalue weighted by molar-refractivity contribution is -0.122. The second-order valence-electron chi connectivity index (χ2n) is 4.85. The molecule has 5 heteroatoms. The molecule has 1 aromatic rings. The molecule has 0 fully saturated rings. The summed E-state index contributed by atoms with van der Waals surface area (Å²) in [6.07, 6.45) is 0.508. The summed E-state index contributed by atoms with van der Waals surface area (Å²) in [5.41, 5.74) is 0.569. The number of nitrogens with one attached hydrogen (secondary N) is 1. The average Bonchev–Trinajstić information content (AvgIpc) is 2.37. The molecule has 0 aromatic heterocycles. The van der Waals surface area contributed by atoms with Gasteiger partial charge in [0, 0.05) is 6.42 Å². The Labute approximate surface area is 111 Å². The maximum absolute atomic E-state index is 13.0. The van der Waals surface area contributed by atoms with E-state index in [1.807, 2.05) is 13.8 Å². The minimum Gasteiger partial charge on any atom is -0.394 e. The van der Waals surface area contributed by atoms with Crippen molar-refractivity contribution in [1.29, 1.82) is 0 Å². The van der Waals surface area contributed by atoms with E-state index in [1.54, 1.807) is 0 Å². The van der Waals surface area contributed by atoms with Crippen molar-refractivity contribution < 1.29 is 18.7 Å². The van der Waals surface area contributed by atoms with Crippen LogP contribution in [0.1, 0.15) is 25.8 Å². The van der Waals surface area contributed by atoms with Crippen molar-refractivity contribution in [1.82, 2.24) is 5.32 Å². The van der Waals surface area contributed by atoms with Crippen molar-refractivity contribution in [3.63, 3.8) is 0 Å². The lowest BCUT2D eigenvalue weighted by atomic mass is 10.0. The van der Waals surface area contributed by atoms with E-state index in [2.05, 4.69) is 5.32 Å². The van der Waals surface area contributed by atoms with Crippen LogP contribution in [0, 0.1) is 17.6 Å². The van der Waals surface area contributed by atoms with Crippen molar-refractivity contribution in [2.75, 3.05) is 6.61 Å². The van der Waals surface area contributed by atoms with Crippen molar-refractivity contribution in [3.8, 4) is 0 Å². The van der Waals surface area contributed by atoms with E-state index in [0.29, 0.717) is 12.0 Å². The Kier molecular flexibility index (Phi) is 5.89. The lowest BCUT2D eigenvalue weighted by Crippen LogP contribution is -2.41. The summed E-state index contributed by atoms with van der Waals surface area (Å²) in [6.45, 7) is 3.68. The summed E-state index contributed by atoms with van der Waals surface area (Å²) >= 11 is 0. The van der Waals surface area contributed by atoms with Crippen LogP contribution in [0.5, 0.6) is 0 Å². The zero-order chi connectivity index (χ0) is 14.4. The van der Waals surface area contributed by atoms with E-state index in [9.17, 15) is 13.6 Å². The molecule has 19 heavy (non-hydrogen) atoms. The summed E-state index contributed by atoms with van der Waals surface area (Å²) in [4.78, 5) is 11.7. The summed E-state index contributed by atoms with van der Waals surface area (Å²) in [5, 5.41) is 11.8. The van der Waals surface area contributed by atoms with Crippen LogP contribution in [0.25, 0.3) is 0 Å². The fourth-order valence-corrected chi connectivity index (χ4v) is 1.66. The Morgan fingerprint density at radius 3 is 2.53 bits per heavy atom. The standard InChI is InChI=1S/C14H19F2NO2/c1-9(2)13(8-18)17-14(19)6-4-10-3-5-11(15)12(16)7-10/h3,5,7,9,13,18H,4,6,8H2,1-2H3,(H,17,19). The maximum atomic E-state index is 13.0. The highest BCUT2D eigenvalue weighted by molar-refractivity contribution is 5.76. The zero-order valence-corrected chi connectivity index (χ0v) is 11.1. The molecule has 1 unspecified atom stereocenters. The largest absolute Gasteiger partial charge is 0.394 e. The number of benzene rings is 1. The summed E-state index contributed by atoms with van der Waals surface area (Å²) < 4.78 is 25.7. The Hall–Kier alpha value is -1.49. The summed E-state index contributed by atoms with van der Waals surface area (Å²) in [7, 11) is 0. The molecule has 0 aliphatic heterocycles. The van der Waals surface area contributed by atoms with Crippen LogP contribution in [0.2, 0.25) is 0 Å². The van der Waals surface area contributed by atoms with Crippen LogP contribution in [0.15, 0.2) is 18.2 Å². The first-order valence-corrected chi connectivity index (χ1v) is 6.28. The fraction of sp³-hybridized carbons (Fsp3) is 0.500. The first-order valence-electron chi connectivity index (χ1n) is 6.28. The first-order chi connectivity index (χ1) is 8.93. The topological polar surface area (TPSA) is 49.3 Å². The van der Waals surface area contributed by atoms with Gasteiger partial charge in [0.1, 0.15) is 0 Å². The third-order valence-electron chi connectivity index (χ3n) is 2.97. The number of carbonyl (C=O) groups excluding carboxylic acids is 1. The zero-order valence-electron chi connectivity index (χ0n) is 11.1. The summed E-state index contributed by atoms with van der Waals surface area (Å²) in [6, 6.07) is 3.32. The van der Waals surface area contributed by atoms with Crippen LogP contribution in [0.3, 0.4) is 0 Å². The normalized spacial score (nSPS) is 12.5. The van der Waals surface area contributed by atoms with Crippen molar-refractivity contribution in [3.05, 3.63) is 35.4 Å². The predicted molar refractivity (Wildman–Crippen MR) is 68.5 cm³/mol. The second-order valence-corrected chi connectivity index (χ2v) is 4.85. The van der Waals surface area contributed by atoms with Gasteiger partial charge in [-0.25, -0.2) is 8.78 Å². The Balaban J connectivity index is 2.47. The molecular weight excluding hydrogens is 252 g/mol. The molecule has 2 N–H and O–H groups in total. The fourth-order valence-electron chi connectivity index (χ4n) is 1.66. The number of aliphatic hydroxyl groups is 1. The highest BCUT2D eigenvalue weighted by Gasteiger charge is 2.14. The molecule has 106 valence electrons. The Morgan fingerprint density at radius 2 is 2.00 bits per heavy atom. The molecule has 0 aliphatic carbocycles. The molecule has 1 atom stereocenters. The highest BCUT2D eigenvalue weighted by atomic mass is 19.2. The monoisotopic (exact) mass is 271 g/mol. The van der Waals surface area contributed by atoms with E-state index >= 15 is 0 Å². The number of amides is 1. The molecule has 1 rings (SSSR count). The molecule has 1 aromatic carbocycles. The molecular formula is C14H19F2NO2. The van der Waals surface area contributed by atoms with Crippen molar-refractivity contribution >= 4 is 5.91 Å². The molecule has 0 heterocycles. The van der Waals surface area contributed by atoms with E-state index < -0.39 is 11.6 Å². The molecule has 0 spiro atoms. The minimum atomic E-state index is -0.909. The third-order valence-corrected chi connectivity index (χ3v) is 2.97. The van der Waals surface area contributed by atoms with E-state index in [1.165, 1.54) is 6.07 Å². The number of hydrogen-bond donors (Lipinski definition) is 2. The number of aryl methyl sites for hydroxylation is 1. The second kappa shape index (κ2) is 7.19. The number of carbonyl (C=O) groups is 1. The highest BCUT2D eigenvalue weighted by Crippen LogP contribution is 2.10. The number of halogens is 2. The molecule has 0 bridgehead atoms. The van der Waals surface area contributed by atoms with Gasteiger partial charge in [-0.2, -0.15) is 0 Å². The number of aliphatic hydroxyl groups excluding tert-OH is 1. The van der Waals surface area contributed by atoms with Gasteiger partial charge in [0.05, 0.1) is 12.6 Å². The Morgan fingerprint density at radius 1 is 1.32 bits per heavy atom. The van der Waals surface area contributed by atoms with Gasteiger partial charge in [0.25, 0.3) is 0 Å². The first kappa shape index (κ1) is 15.6. The minimum absolute atomic E-state index is 0.116. The molecule has 0 aliphatic rings. The SMILES string of the molecule is CC(C)C(CO)NC(=O)CCc1ccc(F)c(F)c1. The molecule has 0 saturated carbocycles. The van der Waals surface area contributed by atoms with E-state index in [4.69, 9.17) is 5.11 Å². The van der Waals surface area contributed by atoms with Crippen LogP contribution in [0.4, 0.5) is 8.78 Å². The van der Waals surface area contributed by atoms with Gasteiger partial charge in [-0.3, -0.25) is 4.79 Å². The van der Waals surface area contributed by atoms with Crippen LogP contribution >= 0.6 is 0 Å². The predicted octanol–water partition coefficient (Wildman–Crippen LogP) is 2.03. The van der Waals surface area contributed by atoms with Crippen LogP contribution in [-0.4, -0.2) is 23.7 Å².